The number of aromatic hydroxyl groups is 1. The average molecular weight is 857 g/mol. The molecule has 0 aliphatic carbocycles. The number of carboxylic acids is 1. The Labute approximate surface area is 438 Å². The third kappa shape index (κ3) is 30.6. The van der Waals surface area contributed by atoms with E-state index in [4.69, 9.17) is 21.4 Å². The number of hydrogen-bond donors (Lipinski definition) is 1. The smallest absolute Gasteiger partial charge is 0.545 e. The van der Waals surface area contributed by atoms with E-state index in [9.17, 15) is 43.6 Å². The molecule has 0 heterocycles. The molecule has 0 saturated carbocycles. The van der Waals surface area contributed by atoms with Crippen molar-refractivity contribution in [1.82, 2.24) is 0 Å². The molecule has 3 rings (SSSR count). The summed E-state index contributed by atoms with van der Waals surface area (Å²) in [6, 6.07) is 15.0. The predicted octanol–water partition coefficient (Wildman–Crippen LogP) is -9.28. The zero-order valence-corrected chi connectivity index (χ0v) is 43.9. The molecule has 0 radical (unpaired) electrons. The Balaban J connectivity index is -0.0000000953. The van der Waals surface area contributed by atoms with Gasteiger partial charge < -0.3 is 53.4 Å². The van der Waals surface area contributed by atoms with E-state index in [1.54, 1.807) is 12.1 Å². The fourth-order valence-corrected chi connectivity index (χ4v) is 4.90. The van der Waals surface area contributed by atoms with E-state index in [1.165, 1.54) is 43.5 Å². The third-order valence-electron chi connectivity index (χ3n) is 5.23. The number of aromatic carboxylic acids is 1. The monoisotopic (exact) mass is 856 g/mol. The molecule has 0 bridgehead atoms. The molecule has 0 aromatic heterocycles. The van der Waals surface area contributed by atoms with Crippen LogP contribution in [0.5, 0.6) is 11.5 Å². The van der Waals surface area contributed by atoms with Crippen LogP contribution in [-0.4, -0.2) is 23.4 Å². The first-order valence-electron chi connectivity index (χ1n) is 12.5. The SMILES string of the molecule is C.CCCCC(CC)[S-](=O)=O.COc1ccc([S-](=O)=O)cc1.O=C([O-])c1cc(O)ccc1[S-](=O)=O.O=[S-](=O)c1ccc(Cl)cc1.[K+].[Na+].[Na+].[Na+].[Na+]. The Morgan fingerprint density at radius 2 is 1.22 bits per heavy atom. The summed E-state index contributed by atoms with van der Waals surface area (Å²) in [5.74, 6) is -1.32. The number of phenolic OH excluding ortho intramolecular Hbond substituents is 1. The summed E-state index contributed by atoms with van der Waals surface area (Å²) in [5.41, 5.74) is -0.548. The Morgan fingerprint density at radius 3 is 1.54 bits per heavy atom. The summed E-state index contributed by atoms with van der Waals surface area (Å²) in [4.78, 5) is 10.5. The number of carbonyl (C=O) groups excluding carboxylic acids is 1. The van der Waals surface area contributed by atoms with Gasteiger partial charge in [0.15, 0.2) is 0 Å². The van der Waals surface area contributed by atoms with Crippen LogP contribution < -0.4 is 179 Å². The van der Waals surface area contributed by atoms with Gasteiger partial charge in [0.2, 0.25) is 0 Å². The molecule has 1 unspecified atom stereocenters. The van der Waals surface area contributed by atoms with E-state index in [2.05, 4.69) is 6.92 Å². The molecule has 1 N–H and O–H groups in total. The molecule has 12 nitrogen and oxygen atoms in total. The number of unbranched alkanes of at least 4 members (excludes halogenated alkanes) is 1. The van der Waals surface area contributed by atoms with Crippen LogP contribution in [0.4, 0.5) is 0 Å². The average Bonchev–Trinajstić information content (AvgIpc) is 2.98. The molecule has 22 heteroatoms. The number of methoxy groups -OCH3 is 1. The number of halogens is 1. The maximum atomic E-state index is 10.5. The number of phenols is 1. The summed E-state index contributed by atoms with van der Waals surface area (Å²) in [6.07, 6.45) is 3.67. The number of hydrogen-bond acceptors (Lipinski definition) is 16. The molecule has 1 atom stereocenters. The van der Waals surface area contributed by atoms with Gasteiger partial charge in [-0.15, -0.1) is 0 Å². The molecular formula is C28H34ClKNa4O12S4. The standard InChI is InChI=1S/C7H5O5S.C7H7O3S.C7H15O2S.C6H4ClO2S.CH4.K.4Na/c8-4-1-2-6(13(11)12)5(3-4)7(9)10;1-10-6-2-4-7(5-3-6)11(8)9;1-3-5-6-7(4-2)10(8)9;7-5-1-3-6(4-2-5)10(8)9;;;;;;/h1-3,8H,(H,9,10);2-5H,1H3;7H,3-6H2,1-2H3;1-4H;1H4;;;;;/q4*-1;;5*+1/p-1. The normalized spacial score (nSPS) is 9.68. The zero-order chi connectivity index (χ0) is 33.8. The van der Waals surface area contributed by atoms with Gasteiger partial charge in [0.25, 0.3) is 0 Å². The maximum absolute atomic E-state index is 10.5. The summed E-state index contributed by atoms with van der Waals surface area (Å²) >= 11 is 5.52. The van der Waals surface area contributed by atoms with E-state index < -0.39 is 59.2 Å². The van der Waals surface area contributed by atoms with E-state index >= 15 is 0 Å². The number of rotatable bonds is 10. The van der Waals surface area contributed by atoms with Crippen molar-refractivity contribution in [3.63, 3.8) is 0 Å². The van der Waals surface area contributed by atoms with Crippen LogP contribution in [0.15, 0.2) is 81.4 Å². The van der Waals surface area contributed by atoms with Gasteiger partial charge in [-0.3, -0.25) is 0 Å². The molecule has 3 aromatic rings. The fourth-order valence-electron chi connectivity index (χ4n) is 2.92. The van der Waals surface area contributed by atoms with Crippen LogP contribution in [0.2, 0.25) is 5.02 Å². The van der Waals surface area contributed by atoms with E-state index in [0.717, 1.165) is 43.9 Å². The molecule has 0 fully saturated rings. The molecule has 0 aliphatic rings. The van der Waals surface area contributed by atoms with Gasteiger partial charge in [-0.2, -0.15) is 0 Å². The second kappa shape index (κ2) is 39.7. The molecule has 50 heavy (non-hydrogen) atoms. The van der Waals surface area contributed by atoms with Crippen LogP contribution in [0.3, 0.4) is 0 Å². The molecule has 3 aromatic carbocycles. The van der Waals surface area contributed by atoms with Crippen LogP contribution in [-0.2, 0) is 76.5 Å². The van der Waals surface area contributed by atoms with Gasteiger partial charge in [0, 0.05) is 5.02 Å². The molecular weight excluding hydrogens is 823 g/mol. The summed E-state index contributed by atoms with van der Waals surface area (Å²) < 4.78 is 87.9. The summed E-state index contributed by atoms with van der Waals surface area (Å²) in [7, 11) is -7.27. The number of carboxylic acid groups (broad SMARTS) is 1. The van der Waals surface area contributed by atoms with E-state index in [0.29, 0.717) is 10.8 Å². The second-order valence-corrected chi connectivity index (χ2v) is 12.6. The Bertz CT molecular complexity index is 1620. The summed E-state index contributed by atoms with van der Waals surface area (Å²) in [6.45, 7) is 3.98. The fraction of sp³-hybridized carbons (Fsp3) is 0.321. The first-order chi connectivity index (χ1) is 20.7. The quantitative estimate of drug-likeness (QED) is 0.149. The minimum Gasteiger partial charge on any atom is -0.545 e. The predicted molar refractivity (Wildman–Crippen MR) is 167 cm³/mol. The van der Waals surface area contributed by atoms with Crippen molar-refractivity contribution < 1.29 is 223 Å². The Hall–Kier alpha value is 2.46. The molecule has 0 amide bonds. The van der Waals surface area contributed by atoms with Crippen molar-refractivity contribution in [1.29, 1.82) is 0 Å². The zero-order valence-electron chi connectivity index (χ0n) is 28.7. The van der Waals surface area contributed by atoms with Crippen molar-refractivity contribution in [2.24, 2.45) is 0 Å². The topological polar surface area (TPSA) is 206 Å². The van der Waals surface area contributed by atoms with Crippen LogP contribution >= 0.6 is 11.6 Å². The van der Waals surface area contributed by atoms with Gasteiger partial charge in [0.1, 0.15) is 11.5 Å². The van der Waals surface area contributed by atoms with Crippen molar-refractivity contribution in [2.45, 2.75) is 66.9 Å². The minimum absolute atomic E-state index is 0. The van der Waals surface area contributed by atoms with Gasteiger partial charge in [-0.05, 0) is 74.1 Å². The first kappa shape index (κ1) is 67.2. The van der Waals surface area contributed by atoms with Crippen molar-refractivity contribution in [3.8, 4) is 11.5 Å². The Kier molecular flexibility index (Phi) is 53.3. The van der Waals surface area contributed by atoms with Crippen LogP contribution in [0.1, 0.15) is 57.3 Å². The van der Waals surface area contributed by atoms with E-state index in [1.807, 2.05) is 6.92 Å². The number of carbonyl (C=O) groups is 1. The molecule has 254 valence electrons. The van der Waals surface area contributed by atoms with Crippen LogP contribution in [0.25, 0.3) is 0 Å². The second-order valence-electron chi connectivity index (χ2n) is 8.23. The summed E-state index contributed by atoms with van der Waals surface area (Å²) in [5, 5.41) is 19.7. The van der Waals surface area contributed by atoms with Gasteiger partial charge >= 0.3 is 170 Å². The van der Waals surface area contributed by atoms with Crippen molar-refractivity contribution in [3.05, 3.63) is 77.3 Å². The molecule has 0 spiro atoms. The third-order valence-corrected chi connectivity index (χ3v) is 8.62. The maximum Gasteiger partial charge on any atom is 1.00 e. The molecule has 0 aliphatic heterocycles. The van der Waals surface area contributed by atoms with Crippen molar-refractivity contribution >= 4 is 60.4 Å². The largest absolute Gasteiger partial charge is 1.00 e. The first-order valence-corrected chi connectivity index (χ1v) is 17.2. The number of ether oxygens (including phenoxy) is 1. The Morgan fingerprint density at radius 1 is 0.780 bits per heavy atom. The van der Waals surface area contributed by atoms with Gasteiger partial charge in [0.05, 0.1) is 13.1 Å². The van der Waals surface area contributed by atoms with Gasteiger partial charge in [-0.1, -0.05) is 120 Å². The minimum atomic E-state index is -2.65. The molecule has 0 saturated heterocycles. The number of benzene rings is 3. The van der Waals surface area contributed by atoms with Gasteiger partial charge in [-0.25, -0.2) is 0 Å². The van der Waals surface area contributed by atoms with Crippen molar-refractivity contribution in [2.75, 3.05) is 7.11 Å². The van der Waals surface area contributed by atoms with E-state index in [-0.39, 0.29) is 198 Å². The van der Waals surface area contributed by atoms with Crippen LogP contribution in [0, 0.1) is 0 Å².